The van der Waals surface area contributed by atoms with Crippen molar-refractivity contribution in [3.8, 4) is 22.3 Å². The molecule has 1 aliphatic rings. The number of aliphatic imine (C=N–C) groups is 2. The summed E-state index contributed by atoms with van der Waals surface area (Å²) in [6.07, 6.45) is 0.979. The molecular weight excluding hydrogens is 598 g/mol. The molecule has 1 aliphatic heterocycles. The Labute approximate surface area is 266 Å². The molecule has 1 atom stereocenters. The Kier molecular flexibility index (Phi) is 10.2. The van der Waals surface area contributed by atoms with Crippen molar-refractivity contribution in [2.24, 2.45) is 26.9 Å². The molecule has 0 spiro atoms. The Bertz CT molecular complexity index is 1610. The van der Waals surface area contributed by atoms with E-state index in [0.717, 1.165) is 52.7 Å². The van der Waals surface area contributed by atoms with Crippen molar-refractivity contribution in [2.75, 3.05) is 19.8 Å². The number of amides is 2. The van der Waals surface area contributed by atoms with Crippen LogP contribution in [0.15, 0.2) is 64.6 Å². The largest absolute Gasteiger partial charge is 0.369 e. The average Bonchev–Trinajstić information content (AvgIpc) is 3.41. The number of hydrogen-bond acceptors (Lipinski definition) is 4. The van der Waals surface area contributed by atoms with E-state index in [1.165, 1.54) is 17.5 Å². The van der Waals surface area contributed by atoms with E-state index < -0.39 is 17.9 Å². The summed E-state index contributed by atoms with van der Waals surface area (Å²) in [7, 11) is 3.33. The maximum Gasteiger partial charge on any atom is 0.272 e. The maximum absolute atomic E-state index is 13.6. The fraction of sp³-hybridized carbons (Fsp3) is 0.344. The topological polar surface area (TPSA) is 148 Å². The van der Waals surface area contributed by atoms with Gasteiger partial charge in [0.15, 0.2) is 11.1 Å². The van der Waals surface area contributed by atoms with E-state index in [0.29, 0.717) is 5.02 Å². The summed E-state index contributed by atoms with van der Waals surface area (Å²) in [6.45, 7) is 6.50. The lowest BCUT2D eigenvalue weighted by molar-refractivity contribution is -0.125. The second-order valence-corrected chi connectivity index (χ2v) is 13.2. The number of thioether (sulfide) groups is 1. The zero-order chi connectivity index (χ0) is 32.2. The molecule has 4 rings (SSSR count). The molecule has 0 fully saturated rings. The van der Waals surface area contributed by atoms with Crippen molar-refractivity contribution >= 4 is 52.2 Å². The number of rotatable bonds is 8. The van der Waals surface area contributed by atoms with Crippen LogP contribution in [0.25, 0.3) is 22.3 Å². The summed E-state index contributed by atoms with van der Waals surface area (Å²) in [4.78, 5) is 47.6. The third-order valence-corrected chi connectivity index (χ3v) is 8.43. The minimum absolute atomic E-state index is 0.0155. The maximum atomic E-state index is 13.6. The van der Waals surface area contributed by atoms with Crippen LogP contribution in [0.3, 0.4) is 0 Å². The van der Waals surface area contributed by atoms with Crippen LogP contribution in [0.2, 0.25) is 5.02 Å². The van der Waals surface area contributed by atoms with E-state index in [4.69, 9.17) is 23.1 Å². The quantitative estimate of drug-likeness (QED) is 0.249. The normalized spacial score (nSPS) is 15.0. The summed E-state index contributed by atoms with van der Waals surface area (Å²) < 4.78 is 2.28. The van der Waals surface area contributed by atoms with Crippen molar-refractivity contribution in [1.82, 2.24) is 14.8 Å². The molecule has 232 valence electrons. The van der Waals surface area contributed by atoms with Crippen molar-refractivity contribution in [1.29, 1.82) is 0 Å². The summed E-state index contributed by atoms with van der Waals surface area (Å²) in [6, 6.07) is 16.8. The Morgan fingerprint density at radius 1 is 1.02 bits per heavy atom. The molecule has 5 N–H and O–H groups in total. The molecule has 12 heteroatoms. The molecule has 0 radical (unpaired) electrons. The number of carbonyl (C=O) groups excluding carboxylic acids is 3. The molecule has 0 unspecified atom stereocenters. The SMILES string of the molecule is CC(=O)N[C@H](CSC(=O)Cc1c(-c2ccc(Cl)cc2)c(-c2ccccc2)c2n1CC(C)(C)C2)C(=O)N=C(N)/N=C(\N)N(C)C. The molecular formula is C32H38ClN7O3S. The first kappa shape index (κ1) is 32.8. The van der Waals surface area contributed by atoms with Crippen LogP contribution in [0.5, 0.6) is 0 Å². The van der Waals surface area contributed by atoms with Crippen LogP contribution in [0.4, 0.5) is 0 Å². The Hall–Kier alpha value is -4.09. The molecule has 0 bridgehead atoms. The number of hydrogen-bond donors (Lipinski definition) is 3. The van der Waals surface area contributed by atoms with Gasteiger partial charge in [0.25, 0.3) is 5.91 Å². The lowest BCUT2D eigenvalue weighted by Gasteiger charge is -2.19. The smallest absolute Gasteiger partial charge is 0.272 e. The van der Waals surface area contributed by atoms with Gasteiger partial charge in [0.2, 0.25) is 11.9 Å². The van der Waals surface area contributed by atoms with E-state index in [1.54, 1.807) is 14.1 Å². The number of carbonyl (C=O) groups is 3. The molecule has 0 saturated heterocycles. The first-order valence-corrected chi connectivity index (χ1v) is 15.5. The number of guanidine groups is 2. The number of nitrogens with two attached hydrogens (primary N) is 2. The van der Waals surface area contributed by atoms with Gasteiger partial charge in [0, 0.05) is 60.9 Å². The minimum Gasteiger partial charge on any atom is -0.369 e. The first-order chi connectivity index (χ1) is 20.8. The summed E-state index contributed by atoms with van der Waals surface area (Å²) in [5.74, 6) is -1.48. The molecule has 3 aromatic rings. The number of fused-ring (bicyclic) bond motifs is 1. The fourth-order valence-electron chi connectivity index (χ4n) is 5.28. The van der Waals surface area contributed by atoms with Crippen LogP contribution in [0.1, 0.15) is 32.2 Å². The summed E-state index contributed by atoms with van der Waals surface area (Å²) in [5.41, 5.74) is 17.8. The van der Waals surface area contributed by atoms with Crippen molar-refractivity contribution in [3.05, 3.63) is 71.0 Å². The van der Waals surface area contributed by atoms with Crippen LogP contribution in [0, 0.1) is 5.41 Å². The van der Waals surface area contributed by atoms with E-state index in [1.807, 2.05) is 42.5 Å². The molecule has 2 amide bonds. The Balaban J connectivity index is 1.66. The second kappa shape index (κ2) is 13.7. The monoisotopic (exact) mass is 635 g/mol. The van der Waals surface area contributed by atoms with Gasteiger partial charge in [0.1, 0.15) is 6.04 Å². The zero-order valence-corrected chi connectivity index (χ0v) is 27.1. The number of halogens is 1. The molecule has 2 heterocycles. The Morgan fingerprint density at radius 2 is 1.66 bits per heavy atom. The minimum atomic E-state index is -1.08. The van der Waals surface area contributed by atoms with Gasteiger partial charge in [-0.3, -0.25) is 14.4 Å². The lowest BCUT2D eigenvalue weighted by atomic mass is 9.86. The van der Waals surface area contributed by atoms with Crippen LogP contribution in [-0.4, -0.2) is 64.2 Å². The first-order valence-electron chi connectivity index (χ1n) is 14.1. The van der Waals surface area contributed by atoms with Crippen molar-refractivity contribution in [3.63, 3.8) is 0 Å². The predicted molar refractivity (Wildman–Crippen MR) is 179 cm³/mol. The van der Waals surface area contributed by atoms with E-state index in [9.17, 15) is 14.4 Å². The molecule has 10 nitrogen and oxygen atoms in total. The number of benzene rings is 2. The highest BCUT2D eigenvalue weighted by molar-refractivity contribution is 8.13. The summed E-state index contributed by atoms with van der Waals surface area (Å²) >= 11 is 7.21. The number of nitrogens with one attached hydrogen (secondary N) is 1. The van der Waals surface area contributed by atoms with Crippen LogP contribution < -0.4 is 16.8 Å². The fourth-order valence-corrected chi connectivity index (χ4v) is 6.22. The second-order valence-electron chi connectivity index (χ2n) is 11.7. The highest BCUT2D eigenvalue weighted by Gasteiger charge is 2.36. The summed E-state index contributed by atoms with van der Waals surface area (Å²) in [5, 5.41) is 3.04. The van der Waals surface area contributed by atoms with Crippen molar-refractivity contribution < 1.29 is 14.4 Å². The highest BCUT2D eigenvalue weighted by Crippen LogP contribution is 2.47. The third-order valence-electron chi connectivity index (χ3n) is 7.22. The lowest BCUT2D eigenvalue weighted by Crippen LogP contribution is -2.42. The molecule has 1 aromatic heterocycles. The predicted octanol–water partition coefficient (Wildman–Crippen LogP) is 4.08. The van der Waals surface area contributed by atoms with E-state index in [2.05, 4.69) is 45.8 Å². The van der Waals surface area contributed by atoms with Gasteiger partial charge in [-0.25, -0.2) is 0 Å². The van der Waals surface area contributed by atoms with Gasteiger partial charge in [-0.15, -0.1) is 0 Å². The third kappa shape index (κ3) is 7.89. The zero-order valence-electron chi connectivity index (χ0n) is 25.6. The van der Waals surface area contributed by atoms with E-state index >= 15 is 0 Å². The average molecular weight is 636 g/mol. The van der Waals surface area contributed by atoms with Crippen LogP contribution in [-0.2, 0) is 33.8 Å². The van der Waals surface area contributed by atoms with Gasteiger partial charge in [-0.05, 0) is 35.1 Å². The molecule has 0 saturated carbocycles. The standard InChI is InChI=1S/C32H38ClN7O3S/c1-19(41)36-23(29(43)37-30(34)38-31(35)39(4)5)17-44-26(42)15-24-27(21-11-13-22(33)14-12-21)28(20-9-7-6-8-10-20)25-16-32(2,3)18-40(24)25/h6-14,23H,15-18H2,1-5H3,(H,36,41)(H4,34,35,37,38,43)/t23-/m1/s1. The number of aromatic nitrogens is 1. The van der Waals surface area contributed by atoms with Gasteiger partial charge in [-0.2, -0.15) is 9.98 Å². The van der Waals surface area contributed by atoms with Gasteiger partial charge in [-0.1, -0.05) is 79.7 Å². The van der Waals surface area contributed by atoms with Crippen molar-refractivity contribution in [2.45, 2.75) is 46.2 Å². The molecule has 2 aromatic carbocycles. The van der Waals surface area contributed by atoms with Crippen LogP contribution >= 0.6 is 23.4 Å². The van der Waals surface area contributed by atoms with Gasteiger partial charge < -0.3 is 26.3 Å². The molecule has 44 heavy (non-hydrogen) atoms. The Morgan fingerprint density at radius 3 is 2.27 bits per heavy atom. The molecule has 0 aliphatic carbocycles. The van der Waals surface area contributed by atoms with E-state index in [-0.39, 0.29) is 34.6 Å². The van der Waals surface area contributed by atoms with Gasteiger partial charge >= 0.3 is 0 Å². The highest BCUT2D eigenvalue weighted by atomic mass is 35.5. The van der Waals surface area contributed by atoms with Gasteiger partial charge in [0.05, 0.1) is 6.42 Å². The number of nitrogens with zero attached hydrogens (tertiary/aromatic N) is 4.